The van der Waals surface area contributed by atoms with Gasteiger partial charge in [-0.2, -0.15) is 0 Å². The number of ether oxygens (including phenoxy) is 15. The van der Waals surface area contributed by atoms with Crippen LogP contribution in [0.2, 0.25) is 0 Å². The van der Waals surface area contributed by atoms with Gasteiger partial charge in [-0.15, -0.1) is 0 Å². The van der Waals surface area contributed by atoms with E-state index in [1.807, 2.05) is 0 Å². The molecule has 424 valence electrons. The number of hydrogen-bond donors (Lipinski definition) is 0. The summed E-state index contributed by atoms with van der Waals surface area (Å²) >= 11 is 0. The average molecular weight is 1090 g/mol. The van der Waals surface area contributed by atoms with Crippen LogP contribution in [0.25, 0.3) is 0 Å². The van der Waals surface area contributed by atoms with Crippen LogP contribution in [0.3, 0.4) is 0 Å². The van der Waals surface area contributed by atoms with Crippen LogP contribution in [0.5, 0.6) is 0 Å². The van der Waals surface area contributed by atoms with Crippen molar-refractivity contribution in [3.8, 4) is 0 Å². The van der Waals surface area contributed by atoms with Crippen LogP contribution < -0.4 is 59.1 Å². The smallest absolute Gasteiger partial charge is 0.759 e. The fraction of sp³-hybridized carbons (Fsp3) is 1.00. The third kappa shape index (κ3) is 87.9. The van der Waals surface area contributed by atoms with Crippen molar-refractivity contribution >= 4 is 10.4 Å². The molecule has 0 aliphatic rings. The van der Waals surface area contributed by atoms with Crippen LogP contribution in [0.15, 0.2) is 0 Å². The fourth-order valence-corrected chi connectivity index (χ4v) is 6.21. The van der Waals surface area contributed by atoms with Gasteiger partial charge < -0.3 is 80.2 Å². The van der Waals surface area contributed by atoms with Crippen molar-refractivity contribution in [3.63, 3.8) is 0 Å². The molecule has 0 aromatic rings. The van der Waals surface area contributed by atoms with Gasteiger partial charge in [0, 0.05) is 23.6 Å². The predicted octanol–water partition coefficient (Wildman–Crippen LogP) is 0.967. The summed E-state index contributed by atoms with van der Waals surface area (Å²) in [7, 11) is -5.17. The molecule has 0 bridgehead atoms. The van der Waals surface area contributed by atoms with E-state index >= 15 is 0 Å². The Morgan fingerprint density at radius 3 is 0.431 bits per heavy atom. The van der Waals surface area contributed by atoms with E-state index < -0.39 is 10.4 Å². The Hall–Kier alpha value is 1.27. The van der Waals surface area contributed by atoms with Gasteiger partial charge in [0.25, 0.3) is 0 Å². The molecule has 0 aromatic heterocycles. The maximum absolute atomic E-state index is 8.52. The van der Waals surface area contributed by atoms with Crippen LogP contribution >= 0.6 is 0 Å². The van der Waals surface area contributed by atoms with E-state index in [9.17, 15) is 0 Å². The summed E-state index contributed by atoms with van der Waals surface area (Å²) in [5, 5.41) is 0. The van der Waals surface area contributed by atoms with Gasteiger partial charge in [0.05, 0.1) is 185 Å². The van der Waals surface area contributed by atoms with Crippen molar-refractivity contribution in [2.24, 2.45) is 0 Å². The summed E-state index contributed by atoms with van der Waals surface area (Å²) in [6.45, 7) is 21.3. The summed E-state index contributed by atoms with van der Waals surface area (Å²) < 4.78 is 117. The van der Waals surface area contributed by atoms with E-state index in [4.69, 9.17) is 88.6 Å². The molecule has 0 fully saturated rings. The zero-order chi connectivity index (χ0) is 51.0. The van der Waals surface area contributed by atoms with Gasteiger partial charge in [0.1, 0.15) is 0 Å². The molecule has 0 amide bonds. The Kier molecular flexibility index (Phi) is 82.3. The molecule has 0 spiro atoms. The normalized spacial score (nSPS) is 11.4. The Morgan fingerprint density at radius 2 is 0.306 bits per heavy atom. The van der Waals surface area contributed by atoms with E-state index in [1.54, 1.807) is 0 Å². The van der Waals surface area contributed by atoms with Gasteiger partial charge in [-0.25, -0.2) is 0 Å². The molecule has 0 rings (SSSR count). The fourth-order valence-electron chi connectivity index (χ4n) is 6.21. The van der Waals surface area contributed by atoms with Crippen LogP contribution in [0.1, 0.15) is 129 Å². The molecule has 0 radical (unpaired) electrons. The van der Waals surface area contributed by atoms with E-state index in [1.165, 1.54) is 103 Å². The van der Waals surface area contributed by atoms with Crippen molar-refractivity contribution < 1.29 is 148 Å². The molecule has 0 aromatic carbocycles. The van der Waals surface area contributed by atoms with E-state index in [2.05, 4.69) is 13.8 Å². The van der Waals surface area contributed by atoms with Crippen LogP contribution in [-0.4, -0.2) is 216 Å². The molecule has 0 aliphatic carbocycles. The van der Waals surface area contributed by atoms with Crippen molar-refractivity contribution in [3.05, 3.63) is 0 Å². The SMILES string of the molecule is CCCCCCCCCCCOCCOCCOCCOCCOCCOCCOCCOCCOCCOCCOCCOCCOCCOCCOCCCCCCCCCCC.O=S(=O)([O-])[O-].[Na+].[Na+]. The number of hydrogen-bond acceptors (Lipinski definition) is 19. The van der Waals surface area contributed by atoms with Gasteiger partial charge in [0.15, 0.2) is 0 Å². The molecule has 0 saturated carbocycles. The number of rotatable bonds is 62. The molecule has 72 heavy (non-hydrogen) atoms. The molecular weight excluding hydrogens is 983 g/mol. The zero-order valence-corrected chi connectivity index (χ0v) is 50.9. The molecule has 19 nitrogen and oxygen atoms in total. The quantitative estimate of drug-likeness (QED) is 0.0359. The Labute approximate surface area is 482 Å². The van der Waals surface area contributed by atoms with Crippen molar-refractivity contribution in [1.82, 2.24) is 0 Å². The first-order valence-electron chi connectivity index (χ1n) is 26.7. The monoisotopic (exact) mass is 1080 g/mol. The largest absolute Gasteiger partial charge is 1.00 e. The molecular formula is C50H102Na2O19S. The van der Waals surface area contributed by atoms with Gasteiger partial charge in [-0.3, -0.25) is 8.42 Å². The minimum absolute atomic E-state index is 0. The van der Waals surface area contributed by atoms with Gasteiger partial charge in [0.2, 0.25) is 0 Å². The molecule has 0 aliphatic heterocycles. The summed E-state index contributed by atoms with van der Waals surface area (Å²) in [6.07, 6.45) is 23.9. The second kappa shape index (κ2) is 74.3. The van der Waals surface area contributed by atoms with E-state index in [0.29, 0.717) is 185 Å². The third-order valence-electron chi connectivity index (χ3n) is 9.99. The third-order valence-corrected chi connectivity index (χ3v) is 9.99. The summed E-state index contributed by atoms with van der Waals surface area (Å²) in [4.78, 5) is 0. The van der Waals surface area contributed by atoms with Crippen LogP contribution in [0.4, 0.5) is 0 Å². The Balaban J connectivity index is -0.00000313. The average Bonchev–Trinajstić information content (AvgIpc) is 3.34. The zero-order valence-electron chi connectivity index (χ0n) is 46.1. The van der Waals surface area contributed by atoms with Crippen LogP contribution in [0, 0.1) is 0 Å². The minimum Gasteiger partial charge on any atom is -0.759 e. The van der Waals surface area contributed by atoms with E-state index in [-0.39, 0.29) is 59.1 Å². The molecule has 0 heterocycles. The first-order chi connectivity index (χ1) is 34.4. The number of unbranched alkanes of at least 4 members (excludes halogenated alkanes) is 16. The summed E-state index contributed by atoms with van der Waals surface area (Å²) in [5.74, 6) is 0. The van der Waals surface area contributed by atoms with Crippen molar-refractivity contribution in [2.45, 2.75) is 129 Å². The van der Waals surface area contributed by atoms with Gasteiger partial charge in [-0.1, -0.05) is 117 Å². The molecule has 0 N–H and O–H groups in total. The maximum atomic E-state index is 8.52. The predicted molar refractivity (Wildman–Crippen MR) is 267 cm³/mol. The van der Waals surface area contributed by atoms with E-state index in [0.717, 1.165) is 26.1 Å². The van der Waals surface area contributed by atoms with Crippen molar-refractivity contribution in [1.29, 1.82) is 0 Å². The maximum Gasteiger partial charge on any atom is 1.00 e. The summed E-state index contributed by atoms with van der Waals surface area (Å²) in [6, 6.07) is 0. The topological polar surface area (TPSA) is 219 Å². The molecule has 0 saturated heterocycles. The second-order valence-corrected chi connectivity index (χ2v) is 17.1. The molecule has 22 heteroatoms. The first-order valence-corrected chi connectivity index (χ1v) is 28.1. The molecule has 0 unspecified atom stereocenters. The Bertz CT molecular complexity index is 964. The Morgan fingerprint density at radius 1 is 0.208 bits per heavy atom. The summed E-state index contributed by atoms with van der Waals surface area (Å²) in [5.41, 5.74) is 0. The van der Waals surface area contributed by atoms with Gasteiger partial charge >= 0.3 is 59.1 Å². The standard InChI is InChI=1S/C50H102O15.2Na.H2O4S/c1-3-5-7-9-11-13-15-17-19-21-51-23-25-53-27-29-55-31-33-57-35-37-59-39-41-61-43-45-63-47-49-65-50-48-64-46-44-62-42-40-60-38-36-58-34-32-56-30-28-54-26-24-52-22-20-18-16-14-12-10-8-6-4-2;;;1-5(2,3)4/h3-50H2,1-2H3;;;(H2,1,2,3,4)/q;2*+1;/p-2. The first kappa shape index (κ1) is 79.8. The second-order valence-electron chi connectivity index (χ2n) is 16.3. The van der Waals surface area contributed by atoms with Crippen molar-refractivity contribution in [2.75, 3.05) is 198 Å². The van der Waals surface area contributed by atoms with Gasteiger partial charge in [-0.05, 0) is 12.8 Å². The minimum atomic E-state index is -5.17. The van der Waals surface area contributed by atoms with Crippen LogP contribution in [-0.2, 0) is 81.5 Å². The molecule has 0 atom stereocenters.